The number of halogens is 1. The van der Waals surface area contributed by atoms with E-state index < -0.39 is 4.92 Å². The van der Waals surface area contributed by atoms with Gasteiger partial charge < -0.3 is 19.5 Å². The summed E-state index contributed by atoms with van der Waals surface area (Å²) in [6.45, 7) is 3.81. The summed E-state index contributed by atoms with van der Waals surface area (Å²) in [5, 5.41) is 22.6. The van der Waals surface area contributed by atoms with E-state index in [9.17, 15) is 14.9 Å². The Balaban J connectivity index is 0.00000240. The molecule has 10 nitrogen and oxygen atoms in total. The lowest BCUT2D eigenvalue weighted by atomic mass is 9.95. The Morgan fingerprint density at radius 2 is 1.93 bits per heavy atom. The molecule has 0 aliphatic carbocycles. The van der Waals surface area contributed by atoms with E-state index in [4.69, 9.17) is 4.74 Å². The number of carbonyl (C=O) groups excluding carboxylic acids is 1. The predicted molar refractivity (Wildman–Crippen MR) is 106 cm³/mol. The van der Waals surface area contributed by atoms with Gasteiger partial charge in [0.15, 0.2) is 6.61 Å². The third-order valence-corrected chi connectivity index (χ3v) is 5.27. The van der Waals surface area contributed by atoms with Crippen molar-refractivity contribution in [2.75, 3.05) is 26.2 Å². The van der Waals surface area contributed by atoms with Gasteiger partial charge in [0.25, 0.3) is 11.6 Å². The summed E-state index contributed by atoms with van der Waals surface area (Å²) < 4.78 is 7.69. The lowest BCUT2D eigenvalue weighted by Crippen LogP contribution is -2.41. The number of hydrogen-bond acceptors (Lipinski definition) is 7. The van der Waals surface area contributed by atoms with Crippen molar-refractivity contribution < 1.29 is 14.5 Å². The first kappa shape index (κ1) is 21.0. The van der Waals surface area contributed by atoms with Gasteiger partial charge in [0.1, 0.15) is 17.4 Å². The van der Waals surface area contributed by atoms with E-state index in [0.717, 1.165) is 44.1 Å². The van der Waals surface area contributed by atoms with Crippen molar-refractivity contribution >= 4 is 24.0 Å². The highest BCUT2D eigenvalue weighted by atomic mass is 35.5. The molecule has 156 valence electrons. The normalized spacial score (nSPS) is 16.6. The first-order valence-electron chi connectivity index (χ1n) is 9.39. The first-order chi connectivity index (χ1) is 13.6. The molecule has 1 saturated heterocycles. The van der Waals surface area contributed by atoms with Crippen LogP contribution in [0.25, 0.3) is 0 Å². The number of amides is 1. The standard InChI is InChI=1S/C18H22N6O4.ClH/c25-17(12-28-15-3-1-14(2-4-15)24(26)27)22-8-5-13(6-9-22)18-21-20-16-11-19-7-10-23(16)18;/h1-4,13,19H,5-12H2;1H. The fraction of sp³-hybridized carbons (Fsp3) is 0.500. The minimum Gasteiger partial charge on any atom is -0.484 e. The SMILES string of the molecule is Cl.O=C(COc1ccc([N+](=O)[O-])cc1)N1CCC(c2nnc3n2CCNC3)CC1. The van der Waals surface area contributed by atoms with Crippen molar-refractivity contribution in [1.29, 1.82) is 0 Å². The summed E-state index contributed by atoms with van der Waals surface area (Å²) in [4.78, 5) is 24.4. The Morgan fingerprint density at radius 1 is 1.21 bits per heavy atom. The number of aromatic nitrogens is 3. The molecule has 3 heterocycles. The van der Waals surface area contributed by atoms with Crippen molar-refractivity contribution in [3.8, 4) is 5.75 Å². The van der Waals surface area contributed by atoms with E-state index >= 15 is 0 Å². The number of piperidine rings is 1. The maximum Gasteiger partial charge on any atom is 0.269 e. The number of carbonyl (C=O) groups is 1. The molecule has 1 fully saturated rings. The van der Waals surface area contributed by atoms with Crippen LogP contribution >= 0.6 is 12.4 Å². The smallest absolute Gasteiger partial charge is 0.269 e. The zero-order chi connectivity index (χ0) is 19.5. The van der Waals surface area contributed by atoms with Crippen LogP contribution in [0.15, 0.2) is 24.3 Å². The lowest BCUT2D eigenvalue weighted by Gasteiger charge is -2.32. The number of rotatable bonds is 5. The Morgan fingerprint density at radius 3 is 2.62 bits per heavy atom. The summed E-state index contributed by atoms with van der Waals surface area (Å²) in [7, 11) is 0. The number of nitrogens with one attached hydrogen (secondary N) is 1. The summed E-state index contributed by atoms with van der Waals surface area (Å²) in [6, 6.07) is 5.72. The van der Waals surface area contributed by atoms with Gasteiger partial charge in [-0.2, -0.15) is 0 Å². The second kappa shape index (κ2) is 9.19. The maximum absolute atomic E-state index is 12.4. The van der Waals surface area contributed by atoms with Gasteiger partial charge in [0.2, 0.25) is 0 Å². The Kier molecular flexibility index (Phi) is 6.65. The number of nitrogens with zero attached hydrogens (tertiary/aromatic N) is 5. The van der Waals surface area contributed by atoms with Gasteiger partial charge in [-0.1, -0.05) is 0 Å². The summed E-state index contributed by atoms with van der Waals surface area (Å²) >= 11 is 0. The third kappa shape index (κ3) is 4.65. The Labute approximate surface area is 173 Å². The van der Waals surface area contributed by atoms with E-state index in [1.165, 1.54) is 24.3 Å². The van der Waals surface area contributed by atoms with E-state index in [0.29, 0.717) is 24.8 Å². The Hall–Kier alpha value is -2.72. The van der Waals surface area contributed by atoms with E-state index in [1.54, 1.807) is 4.90 Å². The number of nitro benzene ring substituents is 1. The number of benzene rings is 1. The molecular formula is C18H23ClN6O4. The summed E-state index contributed by atoms with van der Waals surface area (Å²) in [6.07, 6.45) is 1.71. The third-order valence-electron chi connectivity index (χ3n) is 5.27. The van der Waals surface area contributed by atoms with Crippen LogP contribution in [0, 0.1) is 10.1 Å². The molecule has 29 heavy (non-hydrogen) atoms. The van der Waals surface area contributed by atoms with Gasteiger partial charge in [0, 0.05) is 44.2 Å². The molecular weight excluding hydrogens is 400 g/mol. The summed E-state index contributed by atoms with van der Waals surface area (Å²) in [5.41, 5.74) is -0.00722. The molecule has 1 N–H and O–H groups in total. The number of fused-ring (bicyclic) bond motifs is 1. The van der Waals surface area contributed by atoms with E-state index in [1.807, 2.05) is 0 Å². The van der Waals surface area contributed by atoms with Crippen molar-refractivity contribution in [2.45, 2.75) is 31.8 Å². The van der Waals surface area contributed by atoms with Crippen LogP contribution in [-0.4, -0.2) is 56.7 Å². The highest BCUT2D eigenvalue weighted by Crippen LogP contribution is 2.28. The van der Waals surface area contributed by atoms with E-state index in [2.05, 4.69) is 20.1 Å². The highest BCUT2D eigenvalue weighted by molar-refractivity contribution is 5.85. The zero-order valence-corrected chi connectivity index (χ0v) is 16.6. The van der Waals surface area contributed by atoms with Gasteiger partial charge in [-0.15, -0.1) is 22.6 Å². The van der Waals surface area contributed by atoms with E-state index in [-0.39, 0.29) is 30.6 Å². The molecule has 2 aliphatic rings. The van der Waals surface area contributed by atoms with Gasteiger partial charge in [0.05, 0.1) is 11.5 Å². The molecule has 1 aromatic carbocycles. The highest BCUT2D eigenvalue weighted by Gasteiger charge is 2.28. The number of nitro groups is 1. The lowest BCUT2D eigenvalue weighted by molar-refractivity contribution is -0.384. The molecule has 0 radical (unpaired) electrons. The van der Waals surface area contributed by atoms with Crippen LogP contribution in [0.1, 0.15) is 30.4 Å². The summed E-state index contributed by atoms with van der Waals surface area (Å²) in [5.74, 6) is 2.70. The van der Waals surface area contributed by atoms with Crippen molar-refractivity contribution in [1.82, 2.24) is 25.0 Å². The number of ether oxygens (including phenoxy) is 1. The molecule has 0 spiro atoms. The molecule has 1 aromatic heterocycles. The topological polar surface area (TPSA) is 115 Å². The molecule has 0 bridgehead atoms. The Bertz CT molecular complexity index is 864. The molecule has 11 heteroatoms. The van der Waals surface area contributed by atoms with Crippen LogP contribution in [0.5, 0.6) is 5.75 Å². The van der Waals surface area contributed by atoms with Crippen LogP contribution in [0.3, 0.4) is 0 Å². The number of likely N-dealkylation sites (tertiary alicyclic amines) is 1. The first-order valence-corrected chi connectivity index (χ1v) is 9.39. The van der Waals surface area contributed by atoms with Gasteiger partial charge >= 0.3 is 0 Å². The fourth-order valence-electron chi connectivity index (χ4n) is 3.70. The second-order valence-corrected chi connectivity index (χ2v) is 7.00. The molecule has 0 atom stereocenters. The van der Waals surface area contributed by atoms with Crippen LogP contribution in [0.4, 0.5) is 5.69 Å². The fourth-order valence-corrected chi connectivity index (χ4v) is 3.70. The van der Waals surface area contributed by atoms with Crippen molar-refractivity contribution in [3.05, 3.63) is 46.0 Å². The zero-order valence-electron chi connectivity index (χ0n) is 15.8. The largest absolute Gasteiger partial charge is 0.484 e. The molecule has 0 saturated carbocycles. The minimum absolute atomic E-state index is 0. The molecule has 2 aromatic rings. The molecule has 2 aliphatic heterocycles. The van der Waals surface area contributed by atoms with Gasteiger partial charge in [-0.25, -0.2) is 0 Å². The average Bonchev–Trinajstić information content (AvgIpc) is 3.16. The van der Waals surface area contributed by atoms with Crippen molar-refractivity contribution in [2.24, 2.45) is 0 Å². The monoisotopic (exact) mass is 422 g/mol. The average molecular weight is 423 g/mol. The van der Waals surface area contributed by atoms with Crippen LogP contribution in [-0.2, 0) is 17.9 Å². The number of hydrogen-bond donors (Lipinski definition) is 1. The van der Waals surface area contributed by atoms with Crippen LogP contribution < -0.4 is 10.1 Å². The van der Waals surface area contributed by atoms with Crippen LogP contribution in [0.2, 0.25) is 0 Å². The van der Waals surface area contributed by atoms with Crippen molar-refractivity contribution in [3.63, 3.8) is 0 Å². The number of non-ortho nitro benzene ring substituents is 1. The maximum atomic E-state index is 12.4. The molecule has 0 unspecified atom stereocenters. The predicted octanol–water partition coefficient (Wildman–Crippen LogP) is 1.50. The van der Waals surface area contributed by atoms with Gasteiger partial charge in [-0.05, 0) is 25.0 Å². The molecule has 4 rings (SSSR count). The van der Waals surface area contributed by atoms with Gasteiger partial charge in [-0.3, -0.25) is 14.9 Å². The minimum atomic E-state index is -0.470. The molecule has 1 amide bonds. The quantitative estimate of drug-likeness (QED) is 0.573. The second-order valence-electron chi connectivity index (χ2n) is 7.00.